The van der Waals surface area contributed by atoms with Crippen LogP contribution in [0.1, 0.15) is 68.7 Å². The Morgan fingerprint density at radius 3 is 2.44 bits per heavy atom. The lowest BCUT2D eigenvalue weighted by Crippen LogP contribution is -2.28. The largest absolute Gasteiger partial charge is 0.309 e. The Bertz CT molecular complexity index is 319. The fourth-order valence-corrected chi connectivity index (χ4v) is 3.54. The highest BCUT2D eigenvalue weighted by atomic mass is 32.1. The first kappa shape index (κ1) is 15.7. The van der Waals surface area contributed by atoms with Crippen molar-refractivity contribution >= 4 is 11.3 Å². The van der Waals surface area contributed by atoms with E-state index in [1.807, 2.05) is 11.3 Å². The molecule has 0 saturated heterocycles. The van der Waals surface area contributed by atoms with Crippen LogP contribution in [0.3, 0.4) is 0 Å². The molecule has 0 aliphatic heterocycles. The molecule has 1 nitrogen and oxygen atoms in total. The third-order valence-corrected chi connectivity index (χ3v) is 4.69. The lowest BCUT2D eigenvalue weighted by atomic mass is 9.90. The number of hydrogen-bond donors (Lipinski definition) is 1. The van der Waals surface area contributed by atoms with Gasteiger partial charge in [0.15, 0.2) is 0 Å². The lowest BCUT2D eigenvalue weighted by molar-refractivity contribution is 0.327. The number of nitrogens with one attached hydrogen (secondary N) is 1. The van der Waals surface area contributed by atoms with E-state index in [0.29, 0.717) is 6.04 Å². The topological polar surface area (TPSA) is 12.0 Å². The van der Waals surface area contributed by atoms with Gasteiger partial charge in [-0.25, -0.2) is 0 Å². The molecule has 104 valence electrons. The first-order valence-corrected chi connectivity index (χ1v) is 8.34. The maximum atomic E-state index is 3.77. The van der Waals surface area contributed by atoms with Crippen molar-refractivity contribution in [3.63, 3.8) is 0 Å². The molecule has 1 aromatic heterocycles. The van der Waals surface area contributed by atoms with E-state index in [1.165, 1.54) is 41.9 Å². The maximum absolute atomic E-state index is 3.77. The molecule has 0 bridgehead atoms. The van der Waals surface area contributed by atoms with Crippen molar-refractivity contribution in [1.82, 2.24) is 5.32 Å². The summed E-state index contributed by atoms with van der Waals surface area (Å²) in [5.41, 5.74) is 0. The van der Waals surface area contributed by atoms with Crippen LogP contribution in [0.15, 0.2) is 12.1 Å². The van der Waals surface area contributed by atoms with Crippen molar-refractivity contribution in [2.75, 3.05) is 6.54 Å². The third kappa shape index (κ3) is 4.74. The lowest BCUT2D eigenvalue weighted by Gasteiger charge is -2.26. The van der Waals surface area contributed by atoms with E-state index >= 15 is 0 Å². The molecule has 0 fully saturated rings. The first-order valence-electron chi connectivity index (χ1n) is 7.52. The number of hydrogen-bond acceptors (Lipinski definition) is 2. The van der Waals surface area contributed by atoms with Crippen LogP contribution < -0.4 is 5.32 Å². The van der Waals surface area contributed by atoms with Crippen LogP contribution in [0, 0.1) is 12.8 Å². The van der Waals surface area contributed by atoms with Gasteiger partial charge in [0.2, 0.25) is 0 Å². The van der Waals surface area contributed by atoms with Crippen molar-refractivity contribution in [1.29, 1.82) is 0 Å². The van der Waals surface area contributed by atoms with Crippen LogP contribution >= 0.6 is 11.3 Å². The predicted octanol–water partition coefficient (Wildman–Crippen LogP) is 5.31. The monoisotopic (exact) mass is 267 g/mol. The summed E-state index contributed by atoms with van der Waals surface area (Å²) in [6.45, 7) is 10.2. The molecule has 2 unspecified atom stereocenters. The van der Waals surface area contributed by atoms with Gasteiger partial charge >= 0.3 is 0 Å². The zero-order valence-corrected chi connectivity index (χ0v) is 13.3. The molecular formula is C16H29NS. The number of aryl methyl sites for hydroxylation is 1. The zero-order chi connectivity index (χ0) is 13.4. The number of thiophene rings is 1. The van der Waals surface area contributed by atoms with E-state index in [1.54, 1.807) is 0 Å². The van der Waals surface area contributed by atoms with Crippen LogP contribution in [-0.4, -0.2) is 6.54 Å². The summed E-state index contributed by atoms with van der Waals surface area (Å²) < 4.78 is 0. The molecule has 0 aliphatic rings. The average molecular weight is 267 g/mol. The van der Waals surface area contributed by atoms with Gasteiger partial charge in [0, 0.05) is 15.8 Å². The van der Waals surface area contributed by atoms with Gasteiger partial charge in [-0.05, 0) is 44.4 Å². The second-order valence-corrected chi connectivity index (χ2v) is 6.51. The standard InChI is InChI=1S/C16H29NS/c1-5-8-9-14(7-3)16(17-12-6-2)15-11-10-13(4)18-15/h10-11,14,16-17H,5-9,12H2,1-4H3. The zero-order valence-electron chi connectivity index (χ0n) is 12.5. The van der Waals surface area contributed by atoms with Crippen molar-refractivity contribution in [2.45, 2.75) is 65.8 Å². The van der Waals surface area contributed by atoms with Gasteiger partial charge in [0.25, 0.3) is 0 Å². The highest BCUT2D eigenvalue weighted by molar-refractivity contribution is 7.12. The van der Waals surface area contributed by atoms with Crippen molar-refractivity contribution < 1.29 is 0 Å². The summed E-state index contributed by atoms with van der Waals surface area (Å²) in [4.78, 5) is 2.96. The van der Waals surface area contributed by atoms with Crippen LogP contribution in [-0.2, 0) is 0 Å². The minimum Gasteiger partial charge on any atom is -0.309 e. The van der Waals surface area contributed by atoms with Gasteiger partial charge in [-0.15, -0.1) is 11.3 Å². The smallest absolute Gasteiger partial charge is 0.0443 e. The molecule has 1 aromatic rings. The summed E-state index contributed by atoms with van der Waals surface area (Å²) in [5, 5.41) is 3.77. The Kier molecular flexibility index (Phi) is 7.60. The number of unbranched alkanes of at least 4 members (excludes halogenated alkanes) is 1. The molecule has 0 aliphatic carbocycles. The van der Waals surface area contributed by atoms with Gasteiger partial charge < -0.3 is 5.32 Å². The van der Waals surface area contributed by atoms with Crippen LogP contribution in [0.2, 0.25) is 0 Å². The molecule has 18 heavy (non-hydrogen) atoms. The van der Waals surface area contributed by atoms with Gasteiger partial charge in [-0.3, -0.25) is 0 Å². The normalized spacial score (nSPS) is 14.7. The molecule has 0 amide bonds. The SMILES string of the molecule is CCCCC(CC)C(NCCC)c1ccc(C)s1. The summed E-state index contributed by atoms with van der Waals surface area (Å²) in [5.74, 6) is 0.787. The van der Waals surface area contributed by atoms with Crippen LogP contribution in [0.5, 0.6) is 0 Å². The molecule has 0 saturated carbocycles. The molecule has 1 heterocycles. The Hall–Kier alpha value is -0.340. The van der Waals surface area contributed by atoms with Crippen LogP contribution in [0.4, 0.5) is 0 Å². The molecule has 0 radical (unpaired) electrons. The maximum Gasteiger partial charge on any atom is 0.0443 e. The molecule has 0 aromatic carbocycles. The molecular weight excluding hydrogens is 238 g/mol. The number of rotatable bonds is 9. The van der Waals surface area contributed by atoms with Crippen molar-refractivity contribution in [3.05, 3.63) is 21.9 Å². The summed E-state index contributed by atoms with van der Waals surface area (Å²) >= 11 is 1.96. The average Bonchev–Trinajstić information content (AvgIpc) is 2.80. The highest BCUT2D eigenvalue weighted by Gasteiger charge is 2.21. The second kappa shape index (κ2) is 8.71. The fourth-order valence-electron chi connectivity index (χ4n) is 2.49. The van der Waals surface area contributed by atoms with Gasteiger partial charge in [-0.1, -0.05) is 40.0 Å². The molecule has 0 spiro atoms. The molecule has 1 rings (SSSR count). The van der Waals surface area contributed by atoms with Crippen molar-refractivity contribution in [2.24, 2.45) is 5.92 Å². The molecule has 1 N–H and O–H groups in total. The summed E-state index contributed by atoms with van der Waals surface area (Å²) in [6.07, 6.45) is 6.50. The Labute approximate surface area is 117 Å². The van der Waals surface area contributed by atoms with E-state index in [2.05, 4.69) is 45.1 Å². The quantitative estimate of drug-likeness (QED) is 0.639. The van der Waals surface area contributed by atoms with E-state index in [9.17, 15) is 0 Å². The minimum absolute atomic E-state index is 0.570. The van der Waals surface area contributed by atoms with Gasteiger partial charge in [0.1, 0.15) is 0 Å². The van der Waals surface area contributed by atoms with Crippen molar-refractivity contribution in [3.8, 4) is 0 Å². The van der Waals surface area contributed by atoms with E-state index in [4.69, 9.17) is 0 Å². The van der Waals surface area contributed by atoms with Crippen LogP contribution in [0.25, 0.3) is 0 Å². The Morgan fingerprint density at radius 1 is 1.17 bits per heavy atom. The first-order chi connectivity index (χ1) is 8.72. The summed E-state index contributed by atoms with van der Waals surface area (Å²) in [7, 11) is 0. The van der Waals surface area contributed by atoms with E-state index in [-0.39, 0.29) is 0 Å². The fraction of sp³-hybridized carbons (Fsp3) is 0.750. The molecule has 2 atom stereocenters. The Morgan fingerprint density at radius 2 is 1.94 bits per heavy atom. The molecule has 2 heteroatoms. The minimum atomic E-state index is 0.570. The Balaban J connectivity index is 2.74. The van der Waals surface area contributed by atoms with Gasteiger partial charge in [-0.2, -0.15) is 0 Å². The van der Waals surface area contributed by atoms with E-state index in [0.717, 1.165) is 12.5 Å². The van der Waals surface area contributed by atoms with E-state index < -0.39 is 0 Å². The third-order valence-electron chi connectivity index (χ3n) is 3.61. The second-order valence-electron chi connectivity index (χ2n) is 5.19. The summed E-state index contributed by atoms with van der Waals surface area (Å²) in [6, 6.07) is 5.15. The predicted molar refractivity (Wildman–Crippen MR) is 83.4 cm³/mol. The highest BCUT2D eigenvalue weighted by Crippen LogP contribution is 2.33. The van der Waals surface area contributed by atoms with Gasteiger partial charge in [0.05, 0.1) is 0 Å².